The number of hydrogen-bond acceptors (Lipinski definition) is 2. The first-order valence-electron chi connectivity index (χ1n) is 8.27. The van der Waals surface area contributed by atoms with Gasteiger partial charge >= 0.3 is 0 Å². The predicted molar refractivity (Wildman–Crippen MR) is 95.3 cm³/mol. The molecule has 0 spiro atoms. The van der Waals surface area contributed by atoms with Crippen molar-refractivity contribution in [3.63, 3.8) is 0 Å². The van der Waals surface area contributed by atoms with Gasteiger partial charge in [0.05, 0.1) is 7.11 Å². The minimum atomic E-state index is 0.0374. The van der Waals surface area contributed by atoms with Gasteiger partial charge in [0.1, 0.15) is 5.75 Å². The Kier molecular flexibility index (Phi) is 6.67. The molecule has 3 heteroatoms. The van der Waals surface area contributed by atoms with E-state index in [1.165, 1.54) is 12.8 Å². The number of anilines is 1. The zero-order chi connectivity index (χ0) is 16.5. The van der Waals surface area contributed by atoms with Crippen molar-refractivity contribution in [1.82, 2.24) is 0 Å². The fourth-order valence-corrected chi connectivity index (χ4v) is 2.56. The number of rotatable bonds is 8. The monoisotopic (exact) mass is 311 g/mol. The third-order valence-corrected chi connectivity index (χ3v) is 3.87. The molecule has 3 nitrogen and oxygen atoms in total. The molecule has 0 aliphatic heterocycles. The quantitative estimate of drug-likeness (QED) is 0.647. The maximum Gasteiger partial charge on any atom is 0.258 e. The summed E-state index contributed by atoms with van der Waals surface area (Å²) in [5.74, 6) is 0.803. The van der Waals surface area contributed by atoms with Crippen LogP contribution in [0.4, 0.5) is 5.69 Å². The standard InChI is InChI=1S/C20H25NO2/c1-3-4-5-9-15-21(18-13-10-14-19(16-18)23-2)20(22)17-11-7-6-8-12-17/h6-8,10-14,16H,3-5,9,15H2,1-2H3. The minimum absolute atomic E-state index is 0.0374. The van der Waals surface area contributed by atoms with Gasteiger partial charge in [-0.2, -0.15) is 0 Å². The van der Waals surface area contributed by atoms with Gasteiger partial charge in [0.25, 0.3) is 5.91 Å². The molecule has 0 heterocycles. The van der Waals surface area contributed by atoms with E-state index >= 15 is 0 Å². The van der Waals surface area contributed by atoms with Crippen LogP contribution < -0.4 is 9.64 Å². The SMILES string of the molecule is CCCCCCN(C(=O)c1ccccc1)c1cccc(OC)c1. The van der Waals surface area contributed by atoms with E-state index in [1.807, 2.05) is 59.5 Å². The van der Waals surface area contributed by atoms with E-state index in [0.29, 0.717) is 5.56 Å². The zero-order valence-corrected chi connectivity index (χ0v) is 14.0. The molecule has 0 unspecified atom stereocenters. The topological polar surface area (TPSA) is 29.5 Å². The Morgan fingerprint density at radius 1 is 1.00 bits per heavy atom. The van der Waals surface area contributed by atoms with E-state index in [2.05, 4.69) is 6.92 Å². The Bertz CT molecular complexity index is 610. The van der Waals surface area contributed by atoms with Crippen molar-refractivity contribution in [2.45, 2.75) is 32.6 Å². The Balaban J connectivity index is 2.21. The van der Waals surface area contributed by atoms with Crippen LogP contribution in [0.1, 0.15) is 43.0 Å². The van der Waals surface area contributed by atoms with E-state index in [0.717, 1.165) is 30.8 Å². The molecule has 2 aromatic carbocycles. The normalized spacial score (nSPS) is 10.3. The number of benzene rings is 2. The summed E-state index contributed by atoms with van der Waals surface area (Å²) < 4.78 is 5.30. The van der Waals surface area contributed by atoms with Crippen molar-refractivity contribution in [2.75, 3.05) is 18.6 Å². The Labute approximate surface area is 138 Å². The lowest BCUT2D eigenvalue weighted by Crippen LogP contribution is -2.32. The molecule has 0 aromatic heterocycles. The fraction of sp³-hybridized carbons (Fsp3) is 0.350. The van der Waals surface area contributed by atoms with Crippen LogP contribution in [0.5, 0.6) is 5.75 Å². The van der Waals surface area contributed by atoms with E-state index in [4.69, 9.17) is 4.74 Å². The number of hydrogen-bond donors (Lipinski definition) is 0. The molecule has 0 fully saturated rings. The predicted octanol–water partition coefficient (Wildman–Crippen LogP) is 4.92. The molecular weight excluding hydrogens is 286 g/mol. The molecule has 0 N–H and O–H groups in total. The summed E-state index contributed by atoms with van der Waals surface area (Å²) >= 11 is 0. The Hall–Kier alpha value is -2.29. The van der Waals surface area contributed by atoms with Crippen LogP contribution >= 0.6 is 0 Å². The van der Waals surface area contributed by atoms with Crippen molar-refractivity contribution in [1.29, 1.82) is 0 Å². The second-order valence-corrected chi connectivity index (χ2v) is 5.58. The Morgan fingerprint density at radius 3 is 2.48 bits per heavy atom. The molecule has 23 heavy (non-hydrogen) atoms. The van der Waals surface area contributed by atoms with Crippen molar-refractivity contribution < 1.29 is 9.53 Å². The lowest BCUT2D eigenvalue weighted by atomic mass is 10.1. The van der Waals surface area contributed by atoms with Crippen LogP contribution in [-0.2, 0) is 0 Å². The van der Waals surface area contributed by atoms with E-state index < -0.39 is 0 Å². The van der Waals surface area contributed by atoms with Gasteiger partial charge in [0.2, 0.25) is 0 Å². The number of nitrogens with zero attached hydrogens (tertiary/aromatic N) is 1. The molecule has 0 radical (unpaired) electrons. The van der Waals surface area contributed by atoms with Crippen LogP contribution in [0, 0.1) is 0 Å². The molecule has 2 aromatic rings. The molecule has 0 bridgehead atoms. The van der Waals surface area contributed by atoms with Gasteiger partial charge in [0, 0.05) is 23.9 Å². The first-order chi connectivity index (χ1) is 11.3. The highest BCUT2D eigenvalue weighted by molar-refractivity contribution is 6.06. The molecule has 2 rings (SSSR count). The number of carbonyl (C=O) groups excluding carboxylic acids is 1. The average molecular weight is 311 g/mol. The lowest BCUT2D eigenvalue weighted by Gasteiger charge is -2.23. The third-order valence-electron chi connectivity index (χ3n) is 3.87. The van der Waals surface area contributed by atoms with Crippen molar-refractivity contribution in [3.8, 4) is 5.75 Å². The Morgan fingerprint density at radius 2 is 1.78 bits per heavy atom. The van der Waals surface area contributed by atoms with Crippen LogP contribution in [0.2, 0.25) is 0 Å². The van der Waals surface area contributed by atoms with Crippen LogP contribution in [0.25, 0.3) is 0 Å². The molecule has 122 valence electrons. The third kappa shape index (κ3) is 4.85. The number of carbonyl (C=O) groups is 1. The van der Waals surface area contributed by atoms with Gasteiger partial charge in [-0.3, -0.25) is 4.79 Å². The summed E-state index contributed by atoms with van der Waals surface area (Å²) in [6.07, 6.45) is 4.53. The highest BCUT2D eigenvalue weighted by Crippen LogP contribution is 2.23. The molecule has 1 amide bonds. The number of unbranched alkanes of at least 4 members (excludes halogenated alkanes) is 3. The van der Waals surface area contributed by atoms with Crippen molar-refractivity contribution >= 4 is 11.6 Å². The van der Waals surface area contributed by atoms with E-state index in [9.17, 15) is 4.79 Å². The first kappa shape index (κ1) is 17.1. The molecule has 0 atom stereocenters. The summed E-state index contributed by atoms with van der Waals surface area (Å²) in [4.78, 5) is 14.7. The van der Waals surface area contributed by atoms with Crippen molar-refractivity contribution in [3.05, 3.63) is 60.2 Å². The van der Waals surface area contributed by atoms with Crippen LogP contribution in [-0.4, -0.2) is 19.6 Å². The fourth-order valence-electron chi connectivity index (χ4n) is 2.56. The van der Waals surface area contributed by atoms with Crippen molar-refractivity contribution in [2.24, 2.45) is 0 Å². The van der Waals surface area contributed by atoms with E-state index in [1.54, 1.807) is 7.11 Å². The maximum absolute atomic E-state index is 12.9. The van der Waals surface area contributed by atoms with Gasteiger partial charge in [-0.25, -0.2) is 0 Å². The maximum atomic E-state index is 12.9. The summed E-state index contributed by atoms with van der Waals surface area (Å²) in [6.45, 7) is 2.91. The molecule has 0 saturated carbocycles. The molecular formula is C20H25NO2. The summed E-state index contributed by atoms with van der Waals surface area (Å²) in [5, 5.41) is 0. The molecule has 0 saturated heterocycles. The lowest BCUT2D eigenvalue weighted by molar-refractivity contribution is 0.0986. The minimum Gasteiger partial charge on any atom is -0.497 e. The second kappa shape index (κ2) is 8.99. The van der Waals surface area contributed by atoms with Gasteiger partial charge in [0.15, 0.2) is 0 Å². The number of methoxy groups -OCH3 is 1. The highest BCUT2D eigenvalue weighted by Gasteiger charge is 2.17. The first-order valence-corrected chi connectivity index (χ1v) is 8.27. The second-order valence-electron chi connectivity index (χ2n) is 5.58. The zero-order valence-electron chi connectivity index (χ0n) is 14.0. The van der Waals surface area contributed by atoms with Crippen LogP contribution in [0.15, 0.2) is 54.6 Å². The summed E-state index contributed by atoms with van der Waals surface area (Å²) in [7, 11) is 1.64. The molecule has 0 aliphatic rings. The summed E-state index contributed by atoms with van der Waals surface area (Å²) in [5.41, 5.74) is 1.60. The average Bonchev–Trinajstić information content (AvgIpc) is 2.62. The number of ether oxygens (including phenoxy) is 1. The summed E-state index contributed by atoms with van der Waals surface area (Å²) in [6, 6.07) is 17.1. The number of amides is 1. The van der Waals surface area contributed by atoms with Gasteiger partial charge in [-0.1, -0.05) is 50.5 Å². The highest BCUT2D eigenvalue weighted by atomic mass is 16.5. The van der Waals surface area contributed by atoms with Gasteiger partial charge in [-0.05, 0) is 30.7 Å². The van der Waals surface area contributed by atoms with Gasteiger partial charge < -0.3 is 9.64 Å². The van der Waals surface area contributed by atoms with E-state index in [-0.39, 0.29) is 5.91 Å². The molecule has 0 aliphatic carbocycles. The largest absolute Gasteiger partial charge is 0.497 e. The van der Waals surface area contributed by atoms with Crippen LogP contribution in [0.3, 0.4) is 0 Å². The van der Waals surface area contributed by atoms with Gasteiger partial charge in [-0.15, -0.1) is 0 Å². The smallest absolute Gasteiger partial charge is 0.258 e.